The number of methoxy groups -OCH3 is 1. The van der Waals surface area contributed by atoms with Gasteiger partial charge in [0.1, 0.15) is 11.5 Å². The van der Waals surface area contributed by atoms with Gasteiger partial charge in [-0.15, -0.1) is 0 Å². The summed E-state index contributed by atoms with van der Waals surface area (Å²) in [6, 6.07) is 9.84. The Bertz CT molecular complexity index is 589. The van der Waals surface area contributed by atoms with Crippen molar-refractivity contribution in [2.24, 2.45) is 0 Å². The van der Waals surface area contributed by atoms with E-state index in [4.69, 9.17) is 17.0 Å². The summed E-state index contributed by atoms with van der Waals surface area (Å²) < 4.78 is 17.9. The number of hydrogen-bond donors (Lipinski definition) is 2. The highest BCUT2D eigenvalue weighted by atomic mass is 32.1. The predicted octanol–water partition coefficient (Wildman–Crippen LogP) is 2.72. The number of nitrogens with one attached hydrogen (secondary N) is 2. The van der Waals surface area contributed by atoms with Crippen molar-refractivity contribution in [3.05, 3.63) is 54.0 Å². The number of benzene rings is 1. The average molecular weight is 291 g/mol. The van der Waals surface area contributed by atoms with E-state index in [1.54, 1.807) is 31.5 Å². The quantitative estimate of drug-likeness (QED) is 0.848. The summed E-state index contributed by atoms with van der Waals surface area (Å²) in [6.45, 7) is 0.509. The Kier molecular flexibility index (Phi) is 4.84. The topological polar surface area (TPSA) is 46.2 Å². The standard InChI is InChI=1S/C14H14FN3OS/c1-19-13-12(3-2-8-16-13)18-14(20)17-9-10-4-6-11(15)7-5-10/h2-8H,9H2,1H3,(H2,17,18,20). The maximum atomic E-state index is 12.8. The van der Waals surface area contributed by atoms with E-state index in [-0.39, 0.29) is 5.82 Å². The largest absolute Gasteiger partial charge is 0.480 e. The van der Waals surface area contributed by atoms with Crippen LogP contribution in [0, 0.1) is 5.82 Å². The molecule has 1 aromatic carbocycles. The number of rotatable bonds is 4. The summed E-state index contributed by atoms with van der Waals surface area (Å²) in [4.78, 5) is 4.06. The van der Waals surface area contributed by atoms with E-state index in [1.807, 2.05) is 6.07 Å². The molecule has 104 valence electrons. The molecule has 0 unspecified atom stereocenters. The third-order valence-corrected chi connectivity index (χ3v) is 2.83. The highest BCUT2D eigenvalue weighted by Crippen LogP contribution is 2.19. The van der Waals surface area contributed by atoms with Gasteiger partial charge in [0.2, 0.25) is 5.88 Å². The first-order valence-electron chi connectivity index (χ1n) is 5.97. The van der Waals surface area contributed by atoms with E-state index < -0.39 is 0 Å². The fourth-order valence-corrected chi connectivity index (χ4v) is 1.78. The van der Waals surface area contributed by atoms with Crippen LogP contribution in [-0.4, -0.2) is 17.2 Å². The van der Waals surface area contributed by atoms with Crippen LogP contribution in [0.25, 0.3) is 0 Å². The molecule has 2 N–H and O–H groups in total. The van der Waals surface area contributed by atoms with Crippen molar-refractivity contribution in [3.8, 4) is 5.88 Å². The summed E-state index contributed by atoms with van der Waals surface area (Å²) in [5.74, 6) is 0.216. The molecule has 4 nitrogen and oxygen atoms in total. The number of aromatic nitrogens is 1. The molecule has 1 heterocycles. The fourth-order valence-electron chi connectivity index (χ4n) is 1.60. The summed E-state index contributed by atoms with van der Waals surface area (Å²) >= 11 is 5.19. The molecule has 1 aromatic heterocycles. The molecule has 20 heavy (non-hydrogen) atoms. The van der Waals surface area contributed by atoms with E-state index in [1.165, 1.54) is 12.1 Å². The van der Waals surface area contributed by atoms with Crippen molar-refractivity contribution in [3.63, 3.8) is 0 Å². The van der Waals surface area contributed by atoms with Crippen LogP contribution < -0.4 is 15.4 Å². The van der Waals surface area contributed by atoms with Gasteiger partial charge in [0.15, 0.2) is 5.11 Å². The van der Waals surface area contributed by atoms with Gasteiger partial charge in [-0.05, 0) is 42.0 Å². The van der Waals surface area contributed by atoms with Crippen molar-refractivity contribution >= 4 is 23.0 Å². The van der Waals surface area contributed by atoms with Crippen LogP contribution in [0.4, 0.5) is 10.1 Å². The molecular weight excluding hydrogens is 277 g/mol. The van der Waals surface area contributed by atoms with Gasteiger partial charge < -0.3 is 15.4 Å². The number of nitrogens with zero attached hydrogens (tertiary/aromatic N) is 1. The first-order valence-corrected chi connectivity index (χ1v) is 6.38. The molecule has 2 rings (SSSR count). The Hall–Kier alpha value is -2.21. The average Bonchev–Trinajstić information content (AvgIpc) is 2.47. The molecular formula is C14H14FN3OS. The summed E-state index contributed by atoms with van der Waals surface area (Å²) in [7, 11) is 1.54. The smallest absolute Gasteiger partial charge is 0.237 e. The first kappa shape index (κ1) is 14.2. The minimum atomic E-state index is -0.255. The van der Waals surface area contributed by atoms with E-state index in [2.05, 4.69) is 15.6 Å². The maximum absolute atomic E-state index is 12.8. The van der Waals surface area contributed by atoms with Gasteiger partial charge in [-0.25, -0.2) is 9.37 Å². The van der Waals surface area contributed by atoms with Gasteiger partial charge in [-0.3, -0.25) is 0 Å². The Balaban J connectivity index is 1.91. The number of halogens is 1. The van der Waals surface area contributed by atoms with Crippen molar-refractivity contribution in [1.29, 1.82) is 0 Å². The third kappa shape index (κ3) is 3.89. The summed E-state index contributed by atoms with van der Waals surface area (Å²) in [6.07, 6.45) is 1.64. The fraction of sp³-hybridized carbons (Fsp3) is 0.143. The lowest BCUT2D eigenvalue weighted by molar-refractivity contribution is 0.400. The number of thiocarbonyl (C=S) groups is 1. The van der Waals surface area contributed by atoms with E-state index in [0.29, 0.717) is 23.2 Å². The summed E-state index contributed by atoms with van der Waals surface area (Å²) in [5.41, 5.74) is 1.63. The van der Waals surface area contributed by atoms with Crippen molar-refractivity contribution in [2.45, 2.75) is 6.54 Å². The van der Waals surface area contributed by atoms with Crippen LogP contribution in [0.2, 0.25) is 0 Å². The zero-order valence-electron chi connectivity index (χ0n) is 10.9. The molecule has 0 fully saturated rings. The van der Waals surface area contributed by atoms with Gasteiger partial charge in [0.05, 0.1) is 7.11 Å². The number of anilines is 1. The Morgan fingerprint density at radius 1 is 1.30 bits per heavy atom. The van der Waals surface area contributed by atoms with E-state index >= 15 is 0 Å². The Morgan fingerprint density at radius 2 is 2.05 bits per heavy atom. The second kappa shape index (κ2) is 6.81. The van der Waals surface area contributed by atoms with Crippen LogP contribution in [0.3, 0.4) is 0 Å². The molecule has 6 heteroatoms. The Morgan fingerprint density at radius 3 is 2.75 bits per heavy atom. The molecule has 0 atom stereocenters. The van der Waals surface area contributed by atoms with Crippen molar-refractivity contribution < 1.29 is 9.13 Å². The minimum Gasteiger partial charge on any atom is -0.480 e. The lowest BCUT2D eigenvalue weighted by atomic mass is 10.2. The molecule has 0 aliphatic heterocycles. The SMILES string of the molecule is COc1ncccc1NC(=S)NCc1ccc(F)cc1. The van der Waals surface area contributed by atoms with E-state index in [0.717, 1.165) is 5.56 Å². The Labute approximate surface area is 122 Å². The number of ether oxygens (including phenoxy) is 1. The zero-order chi connectivity index (χ0) is 14.4. The number of hydrogen-bond acceptors (Lipinski definition) is 3. The van der Waals surface area contributed by atoms with Crippen molar-refractivity contribution in [1.82, 2.24) is 10.3 Å². The van der Waals surface area contributed by atoms with Crippen LogP contribution in [-0.2, 0) is 6.54 Å². The van der Waals surface area contributed by atoms with Crippen LogP contribution in [0.5, 0.6) is 5.88 Å². The lowest BCUT2D eigenvalue weighted by Gasteiger charge is -2.12. The molecule has 0 amide bonds. The summed E-state index contributed by atoms with van der Waals surface area (Å²) in [5, 5.41) is 6.48. The van der Waals surface area contributed by atoms with Gasteiger partial charge in [-0.2, -0.15) is 0 Å². The minimum absolute atomic E-state index is 0.255. The van der Waals surface area contributed by atoms with Crippen LogP contribution in [0.15, 0.2) is 42.6 Å². The predicted molar refractivity (Wildman–Crippen MR) is 80.2 cm³/mol. The van der Waals surface area contributed by atoms with Gasteiger partial charge >= 0.3 is 0 Å². The van der Waals surface area contributed by atoms with Gasteiger partial charge in [-0.1, -0.05) is 12.1 Å². The highest BCUT2D eigenvalue weighted by Gasteiger charge is 2.04. The monoisotopic (exact) mass is 291 g/mol. The first-order chi connectivity index (χ1) is 9.69. The molecule has 0 bridgehead atoms. The molecule has 2 aromatic rings. The lowest BCUT2D eigenvalue weighted by Crippen LogP contribution is -2.28. The molecule has 0 saturated heterocycles. The zero-order valence-corrected chi connectivity index (χ0v) is 11.7. The van der Waals surface area contributed by atoms with Gasteiger partial charge in [0, 0.05) is 12.7 Å². The molecule has 0 aliphatic rings. The second-order valence-corrected chi connectivity index (χ2v) is 4.40. The molecule has 0 saturated carbocycles. The van der Waals surface area contributed by atoms with Gasteiger partial charge in [0.25, 0.3) is 0 Å². The van der Waals surface area contributed by atoms with E-state index in [9.17, 15) is 4.39 Å². The van der Waals surface area contributed by atoms with Crippen LogP contribution in [0.1, 0.15) is 5.56 Å². The third-order valence-electron chi connectivity index (χ3n) is 2.58. The molecule has 0 radical (unpaired) electrons. The van der Waals surface area contributed by atoms with Crippen LogP contribution >= 0.6 is 12.2 Å². The highest BCUT2D eigenvalue weighted by molar-refractivity contribution is 7.80. The van der Waals surface area contributed by atoms with Crippen molar-refractivity contribution in [2.75, 3.05) is 12.4 Å². The number of pyridine rings is 1. The maximum Gasteiger partial charge on any atom is 0.237 e. The second-order valence-electron chi connectivity index (χ2n) is 3.99. The molecule has 0 spiro atoms. The normalized spacial score (nSPS) is 9.90. The molecule has 0 aliphatic carbocycles.